The van der Waals surface area contributed by atoms with Crippen molar-refractivity contribution in [1.82, 2.24) is 15.1 Å². The molecule has 4 rings (SSSR count). The Morgan fingerprint density at radius 1 is 1.07 bits per heavy atom. The third-order valence-electron chi connectivity index (χ3n) is 5.37. The van der Waals surface area contributed by atoms with Crippen molar-refractivity contribution in [3.8, 4) is 5.75 Å². The van der Waals surface area contributed by atoms with E-state index in [1.54, 1.807) is 24.3 Å². The molecule has 0 atom stereocenters. The van der Waals surface area contributed by atoms with Gasteiger partial charge in [-0.05, 0) is 35.4 Å². The van der Waals surface area contributed by atoms with Gasteiger partial charge < -0.3 is 15.0 Å². The van der Waals surface area contributed by atoms with Gasteiger partial charge in [-0.2, -0.15) is 0 Å². The largest absolute Gasteiger partial charge is 0.493 e. The highest BCUT2D eigenvalue weighted by Gasteiger charge is 2.22. The molecule has 1 fully saturated rings. The maximum absolute atomic E-state index is 12.4. The molecule has 0 aromatic heterocycles. The number of fused-ring (bicyclic) bond motifs is 1. The monoisotopic (exact) mass is 413 g/mol. The highest BCUT2D eigenvalue weighted by Crippen LogP contribution is 2.26. The van der Waals surface area contributed by atoms with Gasteiger partial charge in [-0.25, -0.2) is 0 Å². The minimum Gasteiger partial charge on any atom is -0.493 e. The van der Waals surface area contributed by atoms with E-state index in [0.29, 0.717) is 23.7 Å². The van der Waals surface area contributed by atoms with Crippen LogP contribution < -0.4 is 10.1 Å². The minimum atomic E-state index is -0.292. The fourth-order valence-electron chi connectivity index (χ4n) is 3.75. The van der Waals surface area contributed by atoms with Gasteiger partial charge in [-0.3, -0.25) is 14.5 Å². The molecule has 2 aliphatic heterocycles. The quantitative estimate of drug-likeness (QED) is 0.817. The molecule has 1 saturated heterocycles. The van der Waals surface area contributed by atoms with Gasteiger partial charge in [0.05, 0.1) is 13.2 Å². The van der Waals surface area contributed by atoms with Gasteiger partial charge in [0, 0.05) is 49.7 Å². The second-order valence-electron chi connectivity index (χ2n) is 7.39. The Balaban J connectivity index is 1.23. The summed E-state index contributed by atoms with van der Waals surface area (Å²) in [7, 11) is 0. The highest BCUT2D eigenvalue weighted by atomic mass is 35.5. The topological polar surface area (TPSA) is 61.9 Å². The average Bonchev–Trinajstić information content (AvgIpc) is 3.20. The van der Waals surface area contributed by atoms with Crippen LogP contribution in [0.4, 0.5) is 0 Å². The van der Waals surface area contributed by atoms with E-state index in [-0.39, 0.29) is 18.4 Å². The van der Waals surface area contributed by atoms with Gasteiger partial charge >= 0.3 is 0 Å². The Kier molecular flexibility index (Phi) is 6.02. The highest BCUT2D eigenvalue weighted by molar-refractivity contribution is 6.30. The van der Waals surface area contributed by atoms with Crippen molar-refractivity contribution >= 4 is 23.4 Å². The zero-order valence-electron chi connectivity index (χ0n) is 16.2. The van der Waals surface area contributed by atoms with Crippen LogP contribution in [0.1, 0.15) is 21.5 Å². The standard InChI is InChI=1S/C22H24ClN3O3/c23-19-3-1-2-18(13-19)22(28)24-14-21(27)26-9-7-25(8-10-26)15-16-4-5-20-17(12-16)6-11-29-20/h1-5,12-13H,6-11,14-15H2,(H,24,28). The van der Waals surface area contributed by atoms with Crippen molar-refractivity contribution in [2.24, 2.45) is 0 Å². The Hall–Kier alpha value is -2.57. The number of nitrogens with zero attached hydrogens (tertiary/aromatic N) is 2. The number of amides is 2. The lowest BCUT2D eigenvalue weighted by atomic mass is 10.1. The summed E-state index contributed by atoms with van der Waals surface area (Å²) in [5.41, 5.74) is 3.02. The second kappa shape index (κ2) is 8.84. The van der Waals surface area contributed by atoms with E-state index in [9.17, 15) is 9.59 Å². The normalized spacial score (nSPS) is 16.2. The maximum atomic E-state index is 12.4. The Bertz CT molecular complexity index is 910. The molecule has 152 valence electrons. The summed E-state index contributed by atoms with van der Waals surface area (Å²) >= 11 is 5.91. The van der Waals surface area contributed by atoms with E-state index < -0.39 is 0 Å². The number of carbonyl (C=O) groups excluding carboxylic acids is 2. The molecule has 0 bridgehead atoms. The summed E-state index contributed by atoms with van der Waals surface area (Å²) in [5, 5.41) is 3.18. The molecule has 2 heterocycles. The zero-order valence-corrected chi connectivity index (χ0v) is 17.0. The van der Waals surface area contributed by atoms with Crippen LogP contribution in [0, 0.1) is 0 Å². The zero-order chi connectivity index (χ0) is 20.2. The minimum absolute atomic E-state index is 0.00380. The molecule has 6 nitrogen and oxygen atoms in total. The predicted molar refractivity (Wildman–Crippen MR) is 111 cm³/mol. The van der Waals surface area contributed by atoms with Gasteiger partial charge in [0.25, 0.3) is 5.91 Å². The molecule has 2 aliphatic rings. The summed E-state index contributed by atoms with van der Waals surface area (Å²) in [6.07, 6.45) is 0.979. The smallest absolute Gasteiger partial charge is 0.251 e. The molecule has 1 N–H and O–H groups in total. The van der Waals surface area contributed by atoms with Crippen LogP contribution in [0.5, 0.6) is 5.75 Å². The molecule has 0 spiro atoms. The summed E-state index contributed by atoms with van der Waals surface area (Å²) in [6, 6.07) is 13.1. The van der Waals surface area contributed by atoms with E-state index >= 15 is 0 Å². The van der Waals surface area contributed by atoms with Crippen molar-refractivity contribution in [3.63, 3.8) is 0 Å². The first-order valence-corrected chi connectivity index (χ1v) is 10.2. The lowest BCUT2D eigenvalue weighted by molar-refractivity contribution is -0.131. The Labute approximate surface area is 175 Å². The predicted octanol–water partition coefficient (Wildman–Crippen LogP) is 2.35. The fourth-order valence-corrected chi connectivity index (χ4v) is 3.94. The van der Waals surface area contributed by atoms with Gasteiger partial charge in [0.2, 0.25) is 5.91 Å². The number of halogens is 1. The molecule has 0 radical (unpaired) electrons. The van der Waals surface area contributed by atoms with E-state index in [2.05, 4.69) is 28.4 Å². The van der Waals surface area contributed by atoms with Crippen LogP contribution in [0.2, 0.25) is 5.02 Å². The number of hydrogen-bond acceptors (Lipinski definition) is 4. The summed E-state index contributed by atoms with van der Waals surface area (Å²) in [5.74, 6) is 0.652. The van der Waals surface area contributed by atoms with Crippen LogP contribution in [0.25, 0.3) is 0 Å². The first-order chi connectivity index (χ1) is 14.1. The number of piperazine rings is 1. The second-order valence-corrected chi connectivity index (χ2v) is 7.83. The number of nitrogens with one attached hydrogen (secondary N) is 1. The van der Waals surface area contributed by atoms with Gasteiger partial charge in [-0.1, -0.05) is 29.8 Å². The number of hydrogen-bond donors (Lipinski definition) is 1. The van der Waals surface area contributed by atoms with E-state index in [4.69, 9.17) is 16.3 Å². The number of carbonyl (C=O) groups is 2. The number of ether oxygens (including phenoxy) is 1. The molecule has 2 aromatic carbocycles. The van der Waals surface area contributed by atoms with E-state index in [1.807, 2.05) is 4.90 Å². The van der Waals surface area contributed by atoms with E-state index in [0.717, 1.165) is 38.4 Å². The maximum Gasteiger partial charge on any atom is 0.251 e. The van der Waals surface area contributed by atoms with Crippen LogP contribution in [0.3, 0.4) is 0 Å². The molecule has 29 heavy (non-hydrogen) atoms. The lowest BCUT2D eigenvalue weighted by Crippen LogP contribution is -2.50. The average molecular weight is 414 g/mol. The Morgan fingerprint density at radius 2 is 1.90 bits per heavy atom. The van der Waals surface area contributed by atoms with Crippen LogP contribution in [-0.2, 0) is 17.8 Å². The summed E-state index contributed by atoms with van der Waals surface area (Å²) in [4.78, 5) is 28.8. The summed E-state index contributed by atoms with van der Waals surface area (Å²) in [6.45, 7) is 4.62. The molecule has 0 saturated carbocycles. The van der Waals surface area contributed by atoms with Crippen LogP contribution in [0.15, 0.2) is 42.5 Å². The van der Waals surface area contributed by atoms with Gasteiger partial charge in [-0.15, -0.1) is 0 Å². The Morgan fingerprint density at radius 3 is 2.69 bits per heavy atom. The summed E-state index contributed by atoms with van der Waals surface area (Å²) < 4.78 is 5.56. The van der Waals surface area contributed by atoms with Crippen molar-refractivity contribution in [2.75, 3.05) is 39.3 Å². The third-order valence-corrected chi connectivity index (χ3v) is 5.61. The van der Waals surface area contributed by atoms with E-state index in [1.165, 1.54) is 11.1 Å². The molecule has 0 aliphatic carbocycles. The fraction of sp³-hybridized carbons (Fsp3) is 0.364. The van der Waals surface area contributed by atoms with Crippen molar-refractivity contribution in [3.05, 3.63) is 64.2 Å². The van der Waals surface area contributed by atoms with Crippen molar-refractivity contribution in [1.29, 1.82) is 0 Å². The molecule has 0 unspecified atom stereocenters. The number of rotatable bonds is 5. The van der Waals surface area contributed by atoms with Gasteiger partial charge in [0.1, 0.15) is 5.75 Å². The SMILES string of the molecule is O=C(NCC(=O)N1CCN(Cc2ccc3c(c2)CCO3)CC1)c1cccc(Cl)c1. The first kappa shape index (κ1) is 19.7. The number of benzene rings is 2. The van der Waals surface area contributed by atoms with Crippen LogP contribution >= 0.6 is 11.6 Å². The molecular formula is C22H24ClN3O3. The molecule has 2 amide bonds. The van der Waals surface area contributed by atoms with Gasteiger partial charge in [0.15, 0.2) is 0 Å². The third kappa shape index (κ3) is 4.89. The molecule has 7 heteroatoms. The molecular weight excluding hydrogens is 390 g/mol. The molecule has 2 aromatic rings. The van der Waals surface area contributed by atoms with Crippen molar-refractivity contribution in [2.45, 2.75) is 13.0 Å². The first-order valence-electron chi connectivity index (χ1n) is 9.87. The van der Waals surface area contributed by atoms with Crippen LogP contribution in [-0.4, -0.2) is 60.9 Å². The van der Waals surface area contributed by atoms with Crippen molar-refractivity contribution < 1.29 is 14.3 Å². The lowest BCUT2D eigenvalue weighted by Gasteiger charge is -2.34.